The van der Waals surface area contributed by atoms with Gasteiger partial charge in [0.25, 0.3) is 5.91 Å². The van der Waals surface area contributed by atoms with E-state index in [1.54, 1.807) is 6.92 Å². The molecule has 11 heteroatoms. The smallest absolute Gasteiger partial charge is 0.320 e. The quantitative estimate of drug-likeness (QED) is 0.166. The first-order chi connectivity index (χ1) is 13.7. The number of nitrogens with one attached hydrogen (secondary N) is 3. The topological polar surface area (TPSA) is 154 Å². The van der Waals surface area contributed by atoms with Crippen LogP contribution in [0.5, 0.6) is 0 Å². The number of hydrogen-bond acceptors (Lipinski definition) is 6. The molecule has 0 aliphatic rings. The molecule has 160 valence electrons. The van der Waals surface area contributed by atoms with Gasteiger partial charge in [-0.1, -0.05) is 11.5 Å². The van der Waals surface area contributed by atoms with Crippen LogP contribution in [0, 0.1) is 5.82 Å². The Morgan fingerprint density at radius 2 is 1.97 bits per heavy atom. The van der Waals surface area contributed by atoms with E-state index in [9.17, 15) is 18.8 Å². The second-order valence-corrected chi connectivity index (χ2v) is 6.75. The lowest BCUT2D eigenvalue weighted by molar-refractivity contribution is -0.138. The minimum absolute atomic E-state index is 0.0469. The van der Waals surface area contributed by atoms with Crippen molar-refractivity contribution in [2.45, 2.75) is 38.3 Å². The average molecular weight is 410 g/mol. The molecule has 0 aromatic heterocycles. The van der Waals surface area contributed by atoms with E-state index in [1.165, 1.54) is 12.1 Å². The van der Waals surface area contributed by atoms with E-state index in [1.807, 2.05) is 0 Å². The summed E-state index contributed by atoms with van der Waals surface area (Å²) >= 11 is 0. The van der Waals surface area contributed by atoms with E-state index in [4.69, 9.17) is 15.9 Å². The summed E-state index contributed by atoms with van der Waals surface area (Å²) in [5.41, 5.74) is 5.65. The van der Waals surface area contributed by atoms with E-state index in [0.29, 0.717) is 31.3 Å². The SMILES string of the molecule is CC(CNC(=O)c1ccc(BO)cc1F)NCC(=O)NCCCCC(N)C(=O)O. The largest absolute Gasteiger partial charge is 0.480 e. The Kier molecular flexibility index (Phi) is 10.9. The number of hydrogen-bond donors (Lipinski definition) is 6. The summed E-state index contributed by atoms with van der Waals surface area (Å²) in [5, 5.41) is 25.9. The number of amides is 2. The van der Waals surface area contributed by atoms with Gasteiger partial charge >= 0.3 is 13.5 Å². The molecule has 1 rings (SSSR count). The van der Waals surface area contributed by atoms with Crippen molar-refractivity contribution < 1.29 is 28.9 Å². The minimum atomic E-state index is -1.04. The number of carboxylic acids is 1. The molecule has 0 saturated heterocycles. The summed E-state index contributed by atoms with van der Waals surface area (Å²) in [5.74, 6) is -2.55. The van der Waals surface area contributed by atoms with Crippen LogP contribution in [0.25, 0.3) is 0 Å². The van der Waals surface area contributed by atoms with Crippen LogP contribution >= 0.6 is 0 Å². The van der Waals surface area contributed by atoms with E-state index in [0.717, 1.165) is 6.07 Å². The monoisotopic (exact) mass is 410 g/mol. The number of aliphatic carboxylic acids is 1. The molecule has 2 atom stereocenters. The summed E-state index contributed by atoms with van der Waals surface area (Å²) in [6.45, 7) is 2.43. The molecule has 0 saturated carbocycles. The molecule has 1 aromatic rings. The average Bonchev–Trinajstić information content (AvgIpc) is 2.69. The third-order valence-electron chi connectivity index (χ3n) is 4.22. The maximum absolute atomic E-state index is 13.8. The first-order valence-corrected chi connectivity index (χ1v) is 9.40. The normalized spacial score (nSPS) is 12.7. The van der Waals surface area contributed by atoms with Crippen molar-refractivity contribution in [2.24, 2.45) is 5.73 Å². The van der Waals surface area contributed by atoms with Crippen molar-refractivity contribution in [1.29, 1.82) is 0 Å². The Morgan fingerprint density at radius 1 is 1.24 bits per heavy atom. The fourth-order valence-electron chi connectivity index (χ4n) is 2.42. The highest BCUT2D eigenvalue weighted by molar-refractivity contribution is 6.45. The molecule has 0 aliphatic heterocycles. The number of carbonyl (C=O) groups excluding carboxylic acids is 2. The Hall–Kier alpha value is -2.50. The first kappa shape index (κ1) is 24.5. The van der Waals surface area contributed by atoms with E-state index in [-0.39, 0.29) is 38.1 Å². The van der Waals surface area contributed by atoms with Gasteiger partial charge < -0.3 is 31.8 Å². The third-order valence-corrected chi connectivity index (χ3v) is 4.22. The van der Waals surface area contributed by atoms with Crippen LogP contribution < -0.4 is 27.1 Å². The standard InChI is InChI=1S/C18H28BFN4O5/c1-11(9-24-17(26)13-6-5-12(19-29)8-14(13)20)23-10-16(25)22-7-3-2-4-15(21)18(27)28/h5-6,8,11,15,19,23,29H,2-4,7,9-10,21H2,1H3,(H,22,25)(H,24,26)(H,27,28). The van der Waals surface area contributed by atoms with Crippen LogP contribution in [-0.2, 0) is 9.59 Å². The van der Waals surface area contributed by atoms with E-state index < -0.39 is 23.7 Å². The van der Waals surface area contributed by atoms with Crippen molar-refractivity contribution >= 4 is 30.7 Å². The summed E-state index contributed by atoms with van der Waals surface area (Å²) in [6.07, 6.45) is 1.57. The molecule has 29 heavy (non-hydrogen) atoms. The van der Waals surface area contributed by atoms with Crippen LogP contribution in [0.3, 0.4) is 0 Å². The van der Waals surface area contributed by atoms with Gasteiger partial charge in [0.2, 0.25) is 5.91 Å². The summed E-state index contributed by atoms with van der Waals surface area (Å²) < 4.78 is 13.8. The maximum atomic E-state index is 13.8. The molecule has 1 aromatic carbocycles. The van der Waals surface area contributed by atoms with Gasteiger partial charge in [0, 0.05) is 19.1 Å². The molecule has 0 spiro atoms. The van der Waals surface area contributed by atoms with Crippen molar-refractivity contribution in [2.75, 3.05) is 19.6 Å². The number of carboxylic acid groups (broad SMARTS) is 1. The fourth-order valence-corrected chi connectivity index (χ4v) is 2.42. The predicted octanol–water partition coefficient (Wildman–Crippen LogP) is -1.80. The number of rotatable bonds is 13. The van der Waals surface area contributed by atoms with Crippen LogP contribution in [0.2, 0.25) is 0 Å². The molecular formula is C18H28BFN4O5. The zero-order valence-corrected chi connectivity index (χ0v) is 16.4. The minimum Gasteiger partial charge on any atom is -0.480 e. The number of carbonyl (C=O) groups is 3. The summed E-state index contributed by atoms with van der Waals surface area (Å²) in [7, 11) is -0.308. The summed E-state index contributed by atoms with van der Waals surface area (Å²) in [6, 6.07) is 2.78. The zero-order chi connectivity index (χ0) is 21.8. The fraction of sp³-hybridized carbons (Fsp3) is 0.500. The third kappa shape index (κ3) is 9.50. The molecule has 0 aliphatic carbocycles. The zero-order valence-electron chi connectivity index (χ0n) is 16.4. The lowest BCUT2D eigenvalue weighted by Gasteiger charge is -2.15. The molecule has 0 heterocycles. The van der Waals surface area contributed by atoms with E-state index in [2.05, 4.69) is 16.0 Å². The van der Waals surface area contributed by atoms with Gasteiger partial charge in [-0.25, -0.2) is 4.39 Å². The molecule has 2 amide bonds. The number of nitrogens with two attached hydrogens (primary N) is 1. The number of benzene rings is 1. The van der Waals surface area contributed by atoms with Gasteiger partial charge in [-0.05, 0) is 38.3 Å². The van der Waals surface area contributed by atoms with Gasteiger partial charge in [-0.2, -0.15) is 0 Å². The molecule has 0 radical (unpaired) electrons. The van der Waals surface area contributed by atoms with Crippen molar-refractivity contribution in [1.82, 2.24) is 16.0 Å². The highest BCUT2D eigenvalue weighted by Gasteiger charge is 2.14. The van der Waals surface area contributed by atoms with Crippen molar-refractivity contribution in [3.8, 4) is 0 Å². The summed E-state index contributed by atoms with van der Waals surface area (Å²) in [4.78, 5) is 34.4. The van der Waals surface area contributed by atoms with Crippen molar-refractivity contribution in [3.63, 3.8) is 0 Å². The number of unbranched alkanes of at least 4 members (excludes halogenated alkanes) is 1. The van der Waals surface area contributed by atoms with Crippen LogP contribution in [0.1, 0.15) is 36.5 Å². The second-order valence-electron chi connectivity index (χ2n) is 6.75. The Balaban J connectivity index is 2.21. The Bertz CT molecular complexity index is 707. The van der Waals surface area contributed by atoms with Gasteiger partial charge in [-0.15, -0.1) is 0 Å². The highest BCUT2D eigenvalue weighted by atomic mass is 19.1. The van der Waals surface area contributed by atoms with Crippen LogP contribution in [0.4, 0.5) is 4.39 Å². The first-order valence-electron chi connectivity index (χ1n) is 9.40. The van der Waals surface area contributed by atoms with Gasteiger partial charge in [0.15, 0.2) is 0 Å². The predicted molar refractivity (Wildman–Crippen MR) is 108 cm³/mol. The second kappa shape index (κ2) is 12.9. The van der Waals surface area contributed by atoms with Gasteiger partial charge in [0.1, 0.15) is 11.9 Å². The molecule has 0 bridgehead atoms. The van der Waals surface area contributed by atoms with E-state index >= 15 is 0 Å². The van der Waals surface area contributed by atoms with Gasteiger partial charge in [0.05, 0.1) is 12.1 Å². The van der Waals surface area contributed by atoms with Crippen LogP contribution in [0.15, 0.2) is 18.2 Å². The molecule has 0 fully saturated rings. The Morgan fingerprint density at radius 3 is 2.59 bits per heavy atom. The maximum Gasteiger partial charge on any atom is 0.320 e. The lowest BCUT2D eigenvalue weighted by atomic mass is 9.88. The molecule has 9 nitrogen and oxygen atoms in total. The molecule has 2 unspecified atom stereocenters. The lowest BCUT2D eigenvalue weighted by Crippen LogP contribution is -2.43. The van der Waals surface area contributed by atoms with Crippen molar-refractivity contribution in [3.05, 3.63) is 29.6 Å². The van der Waals surface area contributed by atoms with Crippen LogP contribution in [-0.4, -0.2) is 67.1 Å². The highest BCUT2D eigenvalue weighted by Crippen LogP contribution is 2.04. The Labute approximate surface area is 169 Å². The van der Waals surface area contributed by atoms with Gasteiger partial charge in [-0.3, -0.25) is 14.4 Å². The molecule has 7 N–H and O–H groups in total. The molecular weight excluding hydrogens is 382 g/mol. The number of halogens is 1.